The number of rotatable bonds is 7. The maximum Gasteiger partial charge on any atom is 0.161 e. The van der Waals surface area contributed by atoms with E-state index in [2.05, 4.69) is 30.6 Å². The predicted octanol–water partition coefficient (Wildman–Crippen LogP) is 2.10. The standard InChI is InChI=1S/C19H32N2O3/c1-19(2,3)18(22)15-21-11-9-20(10-12-21)13-14-24-17-8-6-5-7-16(17)23-4/h5-8,18,22H,9-15H2,1-4H3. The number of hydrogen-bond donors (Lipinski definition) is 1. The quantitative estimate of drug-likeness (QED) is 0.826. The molecule has 5 nitrogen and oxygen atoms in total. The Bertz CT molecular complexity index is 494. The third-order valence-corrected chi connectivity index (χ3v) is 4.63. The zero-order valence-corrected chi connectivity index (χ0v) is 15.5. The van der Waals surface area contributed by atoms with Gasteiger partial charge in [0.05, 0.1) is 13.2 Å². The van der Waals surface area contributed by atoms with Gasteiger partial charge in [-0.2, -0.15) is 0 Å². The second-order valence-corrected chi connectivity index (χ2v) is 7.52. The molecule has 0 saturated carbocycles. The Labute approximate surface area is 146 Å². The van der Waals surface area contributed by atoms with Gasteiger partial charge in [-0.25, -0.2) is 0 Å². The number of β-amino-alcohol motifs (C(OH)–C–C–N with tert-alkyl or cyclic N) is 1. The molecule has 1 fully saturated rings. The van der Waals surface area contributed by atoms with Gasteiger partial charge in [-0.3, -0.25) is 9.80 Å². The van der Waals surface area contributed by atoms with Crippen LogP contribution < -0.4 is 9.47 Å². The van der Waals surface area contributed by atoms with Crippen LogP contribution in [-0.4, -0.2) is 74.0 Å². The van der Waals surface area contributed by atoms with E-state index in [4.69, 9.17) is 9.47 Å². The van der Waals surface area contributed by atoms with Gasteiger partial charge in [0.25, 0.3) is 0 Å². The lowest BCUT2D eigenvalue weighted by Gasteiger charge is -2.37. The largest absolute Gasteiger partial charge is 0.493 e. The number of para-hydroxylation sites is 2. The van der Waals surface area contributed by atoms with E-state index in [1.54, 1.807) is 7.11 Å². The molecule has 0 bridgehead atoms. The molecule has 1 atom stereocenters. The summed E-state index contributed by atoms with van der Waals surface area (Å²) in [6, 6.07) is 7.74. The van der Waals surface area contributed by atoms with Crippen molar-refractivity contribution in [3.05, 3.63) is 24.3 Å². The first kappa shape index (κ1) is 19.0. The van der Waals surface area contributed by atoms with E-state index in [-0.39, 0.29) is 11.5 Å². The van der Waals surface area contributed by atoms with E-state index in [0.717, 1.165) is 50.8 Å². The third kappa shape index (κ3) is 5.65. The van der Waals surface area contributed by atoms with Gasteiger partial charge in [0.15, 0.2) is 11.5 Å². The average Bonchev–Trinajstić information content (AvgIpc) is 2.56. The molecule has 1 aromatic carbocycles. The minimum Gasteiger partial charge on any atom is -0.493 e. The minimum absolute atomic E-state index is 0.0558. The molecule has 136 valence electrons. The summed E-state index contributed by atoms with van der Waals surface area (Å²) in [7, 11) is 1.66. The summed E-state index contributed by atoms with van der Waals surface area (Å²) in [5, 5.41) is 10.2. The fraction of sp³-hybridized carbons (Fsp3) is 0.684. The Morgan fingerprint density at radius 1 is 1.04 bits per heavy atom. The molecule has 2 rings (SSSR count). The summed E-state index contributed by atoms with van der Waals surface area (Å²) in [6.07, 6.45) is -0.280. The van der Waals surface area contributed by atoms with E-state index in [1.807, 2.05) is 24.3 Å². The van der Waals surface area contributed by atoms with E-state index >= 15 is 0 Å². The molecule has 0 aromatic heterocycles. The molecule has 0 amide bonds. The molecule has 0 aliphatic carbocycles. The fourth-order valence-electron chi connectivity index (χ4n) is 2.74. The number of nitrogens with zero attached hydrogens (tertiary/aromatic N) is 2. The van der Waals surface area contributed by atoms with Gasteiger partial charge >= 0.3 is 0 Å². The van der Waals surface area contributed by atoms with Crippen molar-refractivity contribution < 1.29 is 14.6 Å². The number of aliphatic hydroxyl groups excluding tert-OH is 1. The number of benzene rings is 1. The van der Waals surface area contributed by atoms with Crippen LogP contribution in [-0.2, 0) is 0 Å². The van der Waals surface area contributed by atoms with Crippen LogP contribution in [0.3, 0.4) is 0 Å². The van der Waals surface area contributed by atoms with Crippen molar-refractivity contribution in [2.45, 2.75) is 26.9 Å². The summed E-state index contributed by atoms with van der Waals surface area (Å²) in [5.74, 6) is 1.57. The van der Waals surface area contributed by atoms with E-state index in [1.165, 1.54) is 0 Å². The first-order valence-electron chi connectivity index (χ1n) is 8.79. The second kappa shape index (κ2) is 8.70. The van der Waals surface area contributed by atoms with Crippen LogP contribution in [0.1, 0.15) is 20.8 Å². The highest BCUT2D eigenvalue weighted by Gasteiger charge is 2.26. The third-order valence-electron chi connectivity index (χ3n) is 4.63. The Balaban J connectivity index is 1.68. The van der Waals surface area contributed by atoms with E-state index in [0.29, 0.717) is 6.61 Å². The lowest BCUT2D eigenvalue weighted by atomic mass is 9.89. The summed E-state index contributed by atoms with van der Waals surface area (Å²) < 4.78 is 11.1. The van der Waals surface area contributed by atoms with Gasteiger partial charge in [0.2, 0.25) is 0 Å². The van der Waals surface area contributed by atoms with Crippen LogP contribution in [0.5, 0.6) is 11.5 Å². The van der Waals surface area contributed by atoms with Crippen molar-refractivity contribution in [1.82, 2.24) is 9.80 Å². The zero-order valence-electron chi connectivity index (χ0n) is 15.5. The van der Waals surface area contributed by atoms with Crippen molar-refractivity contribution in [2.75, 3.05) is 53.0 Å². The molecule has 1 N–H and O–H groups in total. The lowest BCUT2D eigenvalue weighted by Crippen LogP contribution is -2.50. The smallest absolute Gasteiger partial charge is 0.161 e. The molecule has 1 aliphatic heterocycles. The van der Waals surface area contributed by atoms with Gasteiger partial charge in [-0.1, -0.05) is 32.9 Å². The molecule has 1 aliphatic rings. The molecule has 0 spiro atoms. The number of methoxy groups -OCH3 is 1. The molecule has 24 heavy (non-hydrogen) atoms. The highest BCUT2D eigenvalue weighted by Crippen LogP contribution is 2.25. The molecule has 0 radical (unpaired) electrons. The molecule has 1 aromatic rings. The highest BCUT2D eigenvalue weighted by molar-refractivity contribution is 5.39. The van der Waals surface area contributed by atoms with Crippen LogP contribution in [0.4, 0.5) is 0 Å². The molecule has 5 heteroatoms. The second-order valence-electron chi connectivity index (χ2n) is 7.52. The average molecular weight is 336 g/mol. The predicted molar refractivity (Wildman–Crippen MR) is 96.8 cm³/mol. The highest BCUT2D eigenvalue weighted by atomic mass is 16.5. The molecular weight excluding hydrogens is 304 g/mol. The van der Waals surface area contributed by atoms with Crippen LogP contribution in [0.15, 0.2) is 24.3 Å². The molecular formula is C19H32N2O3. The number of aliphatic hydroxyl groups is 1. The van der Waals surface area contributed by atoms with Crippen molar-refractivity contribution in [3.8, 4) is 11.5 Å². The minimum atomic E-state index is -0.280. The van der Waals surface area contributed by atoms with Gasteiger partial charge < -0.3 is 14.6 Å². The van der Waals surface area contributed by atoms with Crippen LogP contribution in [0.25, 0.3) is 0 Å². The molecule has 1 unspecified atom stereocenters. The van der Waals surface area contributed by atoms with Crippen molar-refractivity contribution >= 4 is 0 Å². The van der Waals surface area contributed by atoms with Crippen molar-refractivity contribution in [2.24, 2.45) is 5.41 Å². The van der Waals surface area contributed by atoms with Gasteiger partial charge in [-0.05, 0) is 17.5 Å². The monoisotopic (exact) mass is 336 g/mol. The van der Waals surface area contributed by atoms with Crippen molar-refractivity contribution in [3.63, 3.8) is 0 Å². The van der Waals surface area contributed by atoms with Crippen LogP contribution in [0, 0.1) is 5.41 Å². The Hall–Kier alpha value is -1.30. The number of ether oxygens (including phenoxy) is 2. The normalized spacial score (nSPS) is 18.4. The lowest BCUT2D eigenvalue weighted by molar-refractivity contribution is 0.0122. The summed E-state index contributed by atoms with van der Waals surface area (Å²) in [4.78, 5) is 4.77. The Morgan fingerprint density at radius 2 is 1.62 bits per heavy atom. The maximum absolute atomic E-state index is 10.2. The van der Waals surface area contributed by atoms with E-state index in [9.17, 15) is 5.11 Å². The number of hydrogen-bond acceptors (Lipinski definition) is 5. The van der Waals surface area contributed by atoms with Gasteiger partial charge in [0.1, 0.15) is 6.61 Å². The fourth-order valence-corrected chi connectivity index (χ4v) is 2.74. The Kier molecular flexibility index (Phi) is 6.90. The Morgan fingerprint density at radius 3 is 2.21 bits per heavy atom. The van der Waals surface area contributed by atoms with Crippen LogP contribution >= 0.6 is 0 Å². The zero-order chi connectivity index (χ0) is 17.6. The van der Waals surface area contributed by atoms with Crippen LogP contribution in [0.2, 0.25) is 0 Å². The first-order valence-corrected chi connectivity index (χ1v) is 8.79. The van der Waals surface area contributed by atoms with Crippen molar-refractivity contribution in [1.29, 1.82) is 0 Å². The summed E-state index contributed by atoms with van der Waals surface area (Å²) in [5.41, 5.74) is -0.0558. The van der Waals surface area contributed by atoms with Gasteiger partial charge in [-0.15, -0.1) is 0 Å². The maximum atomic E-state index is 10.2. The van der Waals surface area contributed by atoms with Gasteiger partial charge in [0, 0.05) is 39.3 Å². The summed E-state index contributed by atoms with van der Waals surface area (Å²) in [6.45, 7) is 12.6. The molecule has 1 saturated heterocycles. The first-order chi connectivity index (χ1) is 11.4. The van der Waals surface area contributed by atoms with E-state index < -0.39 is 0 Å². The number of piperazine rings is 1. The molecule has 1 heterocycles. The summed E-state index contributed by atoms with van der Waals surface area (Å²) >= 11 is 0. The SMILES string of the molecule is COc1ccccc1OCCN1CCN(CC(O)C(C)(C)C)CC1. The topological polar surface area (TPSA) is 45.2 Å².